The molecule has 2 rings (SSSR count). The van der Waals surface area contributed by atoms with E-state index in [1.54, 1.807) is 0 Å². The summed E-state index contributed by atoms with van der Waals surface area (Å²) in [6.07, 6.45) is 0.685. The number of hydrogen-bond donors (Lipinski definition) is 2. The predicted octanol–water partition coefficient (Wildman–Crippen LogP) is 1.84. The summed E-state index contributed by atoms with van der Waals surface area (Å²) >= 11 is 0. The second kappa shape index (κ2) is 5.68. The molecule has 2 amide bonds. The van der Waals surface area contributed by atoms with E-state index in [0.29, 0.717) is 6.42 Å². The van der Waals surface area contributed by atoms with Crippen LogP contribution in [-0.4, -0.2) is 22.9 Å². The fourth-order valence-corrected chi connectivity index (χ4v) is 2.77. The second-order valence-electron chi connectivity index (χ2n) is 5.65. The zero-order valence-electron chi connectivity index (χ0n) is 12.2. The molecule has 0 aliphatic carbocycles. The molecule has 1 fully saturated rings. The number of rotatable bonds is 4. The fourth-order valence-electron chi connectivity index (χ4n) is 2.77. The van der Waals surface area contributed by atoms with Crippen LogP contribution in [0.1, 0.15) is 42.4 Å². The number of carbonyl (C=O) groups excluding carboxylic acids is 2. The number of aryl methyl sites for hydroxylation is 2. The van der Waals surface area contributed by atoms with E-state index in [9.17, 15) is 14.4 Å². The lowest BCUT2D eigenvalue weighted by Gasteiger charge is -2.36. The SMILES string of the molecule is Cc1ccc([C@@]2(CCC(=O)O)CCC(=O)NC2=O)cc1C. The molecule has 1 atom stereocenters. The molecule has 0 spiro atoms. The van der Waals surface area contributed by atoms with Crippen molar-refractivity contribution in [2.45, 2.75) is 44.9 Å². The van der Waals surface area contributed by atoms with Gasteiger partial charge in [0.25, 0.3) is 0 Å². The van der Waals surface area contributed by atoms with E-state index >= 15 is 0 Å². The number of imide groups is 1. The highest BCUT2D eigenvalue weighted by Crippen LogP contribution is 2.37. The number of hydrogen-bond acceptors (Lipinski definition) is 3. The highest BCUT2D eigenvalue weighted by atomic mass is 16.4. The number of carboxylic acid groups (broad SMARTS) is 1. The molecule has 112 valence electrons. The normalized spacial score (nSPS) is 22.0. The Hall–Kier alpha value is -2.17. The topological polar surface area (TPSA) is 83.5 Å². The maximum Gasteiger partial charge on any atom is 0.303 e. The molecular formula is C16H19NO4. The third-order valence-corrected chi connectivity index (χ3v) is 4.29. The van der Waals surface area contributed by atoms with Crippen molar-refractivity contribution in [3.05, 3.63) is 34.9 Å². The summed E-state index contributed by atoms with van der Waals surface area (Å²) in [5, 5.41) is 11.3. The number of piperidine rings is 1. The molecule has 0 radical (unpaired) electrons. The van der Waals surface area contributed by atoms with Crippen molar-refractivity contribution in [3.8, 4) is 0 Å². The Kier molecular flexibility index (Phi) is 4.11. The quantitative estimate of drug-likeness (QED) is 0.828. The van der Waals surface area contributed by atoms with E-state index in [1.165, 1.54) is 0 Å². The third-order valence-electron chi connectivity index (χ3n) is 4.29. The van der Waals surface area contributed by atoms with Crippen LogP contribution in [0.5, 0.6) is 0 Å². The Morgan fingerprint density at radius 1 is 1.29 bits per heavy atom. The number of carbonyl (C=O) groups is 3. The second-order valence-corrected chi connectivity index (χ2v) is 5.65. The number of amides is 2. The summed E-state index contributed by atoms with van der Waals surface area (Å²) < 4.78 is 0. The zero-order chi connectivity index (χ0) is 15.6. The molecule has 0 aromatic heterocycles. The highest BCUT2D eigenvalue weighted by Gasteiger charge is 2.44. The summed E-state index contributed by atoms with van der Waals surface area (Å²) in [4.78, 5) is 34.7. The predicted molar refractivity (Wildman–Crippen MR) is 76.8 cm³/mol. The standard InChI is InChI=1S/C16H19NO4/c1-10-3-4-12(9-11(10)2)16(8-6-14(19)20)7-5-13(18)17-15(16)21/h3-4,9H,5-8H2,1-2H3,(H,19,20)(H,17,18,21)/t16-/m0/s1. The van der Waals surface area contributed by atoms with Gasteiger partial charge in [-0.05, 0) is 43.4 Å². The monoisotopic (exact) mass is 289 g/mol. The number of carboxylic acids is 1. The van der Waals surface area contributed by atoms with E-state index in [4.69, 9.17) is 5.11 Å². The Bertz CT molecular complexity index is 608. The van der Waals surface area contributed by atoms with Crippen LogP contribution in [0, 0.1) is 13.8 Å². The van der Waals surface area contributed by atoms with Crippen LogP contribution in [0.2, 0.25) is 0 Å². The molecule has 2 N–H and O–H groups in total. The molecule has 1 heterocycles. The summed E-state index contributed by atoms with van der Waals surface area (Å²) in [6.45, 7) is 3.93. The van der Waals surface area contributed by atoms with Crippen LogP contribution in [0.15, 0.2) is 18.2 Å². The van der Waals surface area contributed by atoms with Gasteiger partial charge >= 0.3 is 5.97 Å². The van der Waals surface area contributed by atoms with Crippen molar-refractivity contribution in [2.75, 3.05) is 0 Å². The molecular weight excluding hydrogens is 270 g/mol. The summed E-state index contributed by atoms with van der Waals surface area (Å²) in [5.41, 5.74) is 2.02. The molecule has 5 heteroatoms. The Balaban J connectivity index is 2.44. The lowest BCUT2D eigenvalue weighted by molar-refractivity contribution is -0.139. The molecule has 0 bridgehead atoms. The molecule has 21 heavy (non-hydrogen) atoms. The maximum absolute atomic E-state index is 12.4. The summed E-state index contributed by atoms with van der Waals surface area (Å²) in [7, 11) is 0. The van der Waals surface area contributed by atoms with Gasteiger partial charge in [0, 0.05) is 12.8 Å². The van der Waals surface area contributed by atoms with Crippen LogP contribution in [0.25, 0.3) is 0 Å². The molecule has 1 aliphatic rings. The average Bonchev–Trinajstić information content (AvgIpc) is 2.41. The molecule has 1 saturated heterocycles. The molecule has 1 aromatic carbocycles. The number of aliphatic carboxylic acids is 1. The van der Waals surface area contributed by atoms with Crippen molar-refractivity contribution in [1.29, 1.82) is 0 Å². The lowest BCUT2D eigenvalue weighted by atomic mass is 9.70. The first-order valence-electron chi connectivity index (χ1n) is 6.99. The van der Waals surface area contributed by atoms with Crippen LogP contribution in [0.4, 0.5) is 0 Å². The minimum Gasteiger partial charge on any atom is -0.481 e. The van der Waals surface area contributed by atoms with Crippen LogP contribution in [0.3, 0.4) is 0 Å². The van der Waals surface area contributed by atoms with Crippen molar-refractivity contribution in [1.82, 2.24) is 5.32 Å². The van der Waals surface area contributed by atoms with Gasteiger partial charge in [-0.3, -0.25) is 19.7 Å². The van der Waals surface area contributed by atoms with E-state index in [-0.39, 0.29) is 31.1 Å². The maximum atomic E-state index is 12.4. The van der Waals surface area contributed by atoms with Gasteiger partial charge in [-0.2, -0.15) is 0 Å². The van der Waals surface area contributed by atoms with Gasteiger partial charge < -0.3 is 5.11 Å². The van der Waals surface area contributed by atoms with Crippen molar-refractivity contribution >= 4 is 17.8 Å². The van der Waals surface area contributed by atoms with Crippen molar-refractivity contribution in [3.63, 3.8) is 0 Å². The molecule has 1 aromatic rings. The van der Waals surface area contributed by atoms with Gasteiger partial charge in [-0.1, -0.05) is 18.2 Å². The third kappa shape index (κ3) is 2.96. The van der Waals surface area contributed by atoms with E-state index < -0.39 is 11.4 Å². The Labute approximate surface area is 123 Å². The summed E-state index contributed by atoms with van der Waals surface area (Å²) in [6, 6.07) is 5.71. The summed E-state index contributed by atoms with van der Waals surface area (Å²) in [5.74, 6) is -1.62. The molecule has 5 nitrogen and oxygen atoms in total. The van der Waals surface area contributed by atoms with Gasteiger partial charge in [0.2, 0.25) is 11.8 Å². The number of nitrogens with one attached hydrogen (secondary N) is 1. The van der Waals surface area contributed by atoms with Gasteiger partial charge in [0.1, 0.15) is 0 Å². The molecule has 0 saturated carbocycles. The van der Waals surface area contributed by atoms with Gasteiger partial charge in [-0.15, -0.1) is 0 Å². The molecule has 1 aliphatic heterocycles. The van der Waals surface area contributed by atoms with Crippen molar-refractivity contribution in [2.24, 2.45) is 0 Å². The average molecular weight is 289 g/mol. The first-order chi connectivity index (χ1) is 9.85. The fraction of sp³-hybridized carbons (Fsp3) is 0.438. The van der Waals surface area contributed by atoms with E-state index in [2.05, 4.69) is 5.32 Å². The Morgan fingerprint density at radius 3 is 2.57 bits per heavy atom. The van der Waals surface area contributed by atoms with Gasteiger partial charge in [0.15, 0.2) is 0 Å². The van der Waals surface area contributed by atoms with E-state index in [0.717, 1.165) is 16.7 Å². The number of benzene rings is 1. The minimum atomic E-state index is -0.942. The zero-order valence-corrected chi connectivity index (χ0v) is 12.2. The minimum absolute atomic E-state index is 0.103. The van der Waals surface area contributed by atoms with Crippen LogP contribution in [-0.2, 0) is 19.8 Å². The van der Waals surface area contributed by atoms with Gasteiger partial charge in [-0.25, -0.2) is 0 Å². The van der Waals surface area contributed by atoms with Gasteiger partial charge in [0.05, 0.1) is 5.41 Å². The first kappa shape index (κ1) is 15.2. The first-order valence-corrected chi connectivity index (χ1v) is 6.99. The van der Waals surface area contributed by atoms with Crippen LogP contribution >= 0.6 is 0 Å². The highest BCUT2D eigenvalue weighted by molar-refractivity contribution is 6.03. The lowest BCUT2D eigenvalue weighted by Crippen LogP contribution is -2.51. The molecule has 0 unspecified atom stereocenters. The van der Waals surface area contributed by atoms with Crippen LogP contribution < -0.4 is 5.32 Å². The largest absolute Gasteiger partial charge is 0.481 e. The van der Waals surface area contributed by atoms with E-state index in [1.807, 2.05) is 32.0 Å². The Morgan fingerprint density at radius 2 is 2.00 bits per heavy atom. The smallest absolute Gasteiger partial charge is 0.303 e. The van der Waals surface area contributed by atoms with Crippen molar-refractivity contribution < 1.29 is 19.5 Å².